The van der Waals surface area contributed by atoms with Gasteiger partial charge in [-0.2, -0.15) is 0 Å². The highest BCUT2D eigenvalue weighted by molar-refractivity contribution is 5.92. The van der Waals surface area contributed by atoms with Crippen LogP contribution in [0.4, 0.5) is 0 Å². The van der Waals surface area contributed by atoms with E-state index < -0.39 is 40.3 Å². The van der Waals surface area contributed by atoms with Gasteiger partial charge in [0.05, 0.1) is 6.10 Å². The summed E-state index contributed by atoms with van der Waals surface area (Å²) < 4.78 is 11.2. The fraction of sp³-hybridized carbons (Fsp3) is 0.750. The van der Waals surface area contributed by atoms with E-state index in [-0.39, 0.29) is 25.1 Å². The third-order valence-electron chi connectivity index (χ3n) is 8.25. The maximum absolute atomic E-state index is 12.0. The Bertz CT molecular complexity index is 789. The van der Waals surface area contributed by atoms with Gasteiger partial charge in [-0.05, 0) is 30.8 Å². The fourth-order valence-corrected chi connectivity index (χ4v) is 6.28. The first-order valence-electron chi connectivity index (χ1n) is 9.66. The van der Waals surface area contributed by atoms with E-state index in [0.717, 1.165) is 11.1 Å². The summed E-state index contributed by atoms with van der Waals surface area (Å²) in [4.78, 5) is 12.0. The van der Waals surface area contributed by atoms with E-state index in [2.05, 4.69) is 0 Å². The molecule has 0 aromatic heterocycles. The van der Waals surface area contributed by atoms with Crippen LogP contribution < -0.4 is 0 Å². The molecule has 5 aliphatic rings. The van der Waals surface area contributed by atoms with Crippen LogP contribution in [-0.2, 0) is 14.3 Å². The smallest absolute Gasteiger partial charge is 0.334 e. The highest BCUT2D eigenvalue weighted by Crippen LogP contribution is 2.71. The Morgan fingerprint density at radius 1 is 1.33 bits per heavy atom. The second kappa shape index (κ2) is 5.02. The van der Waals surface area contributed by atoms with E-state index >= 15 is 0 Å². The van der Waals surface area contributed by atoms with Gasteiger partial charge in [-0.15, -0.1) is 0 Å². The van der Waals surface area contributed by atoms with Gasteiger partial charge in [0.25, 0.3) is 0 Å². The maximum Gasteiger partial charge on any atom is 0.334 e. The average Bonchev–Trinajstić information content (AvgIpc) is 3.27. The van der Waals surface area contributed by atoms with E-state index in [4.69, 9.17) is 9.47 Å². The Labute approximate surface area is 157 Å². The van der Waals surface area contributed by atoms with E-state index in [9.17, 15) is 25.2 Å². The summed E-state index contributed by atoms with van der Waals surface area (Å²) in [7, 11) is 0. The number of hydrogen-bond donors (Lipinski definition) is 4. The summed E-state index contributed by atoms with van der Waals surface area (Å²) >= 11 is 0. The predicted octanol–water partition coefficient (Wildman–Crippen LogP) is -0.181. The highest BCUT2D eigenvalue weighted by atomic mass is 16.6. The summed E-state index contributed by atoms with van der Waals surface area (Å²) in [6.45, 7) is 3.58. The first-order valence-corrected chi connectivity index (χ1v) is 9.66. The van der Waals surface area contributed by atoms with Crippen LogP contribution in [0.2, 0.25) is 0 Å². The van der Waals surface area contributed by atoms with Crippen LogP contribution in [0, 0.1) is 17.3 Å². The minimum absolute atomic E-state index is 0.0865. The molecule has 4 N–H and O–H groups in total. The molecule has 2 heterocycles. The third-order valence-corrected chi connectivity index (χ3v) is 8.25. The van der Waals surface area contributed by atoms with Crippen LogP contribution in [0.3, 0.4) is 0 Å². The highest BCUT2D eigenvalue weighted by Gasteiger charge is 2.84. The lowest BCUT2D eigenvalue weighted by Gasteiger charge is -2.60. The molecule has 0 aromatic rings. The van der Waals surface area contributed by atoms with Gasteiger partial charge < -0.3 is 29.9 Å². The molecule has 0 aromatic carbocycles. The zero-order chi connectivity index (χ0) is 19.4. The third kappa shape index (κ3) is 1.74. The van der Waals surface area contributed by atoms with Gasteiger partial charge in [0.15, 0.2) is 5.60 Å². The van der Waals surface area contributed by atoms with Crippen LogP contribution in [0.1, 0.15) is 33.1 Å². The molecule has 0 amide bonds. The molecule has 7 nitrogen and oxygen atoms in total. The standard InChI is InChI=1S/C20H26O7/c1-10(8-21)18(24)5-6-19(25)17(2)4-3-11-12(9-26-15(11)22)13(17)7-14-20(19,27-14)16(18)23/h5-6,10,13-14,16,21,23-25H,3-4,7-9H2,1-2H3/t10?,13-,14-,16+,17-,18+,19+,20+/m0/s1. The van der Waals surface area contributed by atoms with Crippen molar-refractivity contribution in [3.63, 3.8) is 0 Å². The van der Waals surface area contributed by atoms with Crippen molar-refractivity contribution in [1.29, 1.82) is 0 Å². The van der Waals surface area contributed by atoms with Gasteiger partial charge in [-0.1, -0.05) is 26.0 Å². The molecule has 7 heteroatoms. The number of rotatable bonds is 2. The van der Waals surface area contributed by atoms with Crippen molar-refractivity contribution in [3.05, 3.63) is 23.3 Å². The topological polar surface area (TPSA) is 120 Å². The predicted molar refractivity (Wildman–Crippen MR) is 92.3 cm³/mol. The SMILES string of the molecule is CC(CO)[C@]1(O)C=C[C@]2(O)[C@]3(O[C@H]3C[C@H]3C4=C(CC[C@@]32C)C(=O)OC4)[C@@H]1O. The number of carbonyl (C=O) groups is 1. The van der Waals surface area contributed by atoms with E-state index in [1.54, 1.807) is 13.0 Å². The molecule has 1 saturated heterocycles. The van der Waals surface area contributed by atoms with Crippen molar-refractivity contribution in [3.8, 4) is 0 Å². The van der Waals surface area contributed by atoms with Crippen molar-refractivity contribution in [2.75, 3.05) is 13.2 Å². The van der Waals surface area contributed by atoms with Gasteiger partial charge >= 0.3 is 5.97 Å². The second-order valence-electron chi connectivity index (χ2n) is 9.16. The molecule has 27 heavy (non-hydrogen) atoms. The minimum Gasteiger partial charge on any atom is -0.458 e. The van der Waals surface area contributed by atoms with Gasteiger partial charge in [0, 0.05) is 23.5 Å². The number of hydrogen-bond acceptors (Lipinski definition) is 7. The zero-order valence-corrected chi connectivity index (χ0v) is 15.5. The molecule has 0 radical (unpaired) electrons. The number of aliphatic hydroxyl groups excluding tert-OH is 2. The molecule has 2 aliphatic heterocycles. The lowest BCUT2D eigenvalue weighted by atomic mass is 9.46. The largest absolute Gasteiger partial charge is 0.458 e. The quantitative estimate of drug-likeness (QED) is 0.299. The summed E-state index contributed by atoms with van der Waals surface area (Å²) in [6, 6.07) is 0. The van der Waals surface area contributed by atoms with Gasteiger partial charge in [-0.3, -0.25) is 0 Å². The van der Waals surface area contributed by atoms with Crippen LogP contribution in [0.15, 0.2) is 23.3 Å². The molecule has 1 spiro atoms. The monoisotopic (exact) mass is 378 g/mol. The Kier molecular flexibility index (Phi) is 3.31. The summed E-state index contributed by atoms with van der Waals surface area (Å²) in [5.74, 6) is -0.964. The van der Waals surface area contributed by atoms with Crippen LogP contribution >= 0.6 is 0 Å². The van der Waals surface area contributed by atoms with Crippen LogP contribution in [0.25, 0.3) is 0 Å². The number of carbonyl (C=O) groups excluding carboxylic acids is 1. The number of epoxide rings is 1. The Morgan fingerprint density at radius 2 is 2.07 bits per heavy atom. The van der Waals surface area contributed by atoms with Crippen molar-refractivity contribution < 1.29 is 34.7 Å². The van der Waals surface area contributed by atoms with E-state index in [1.165, 1.54) is 6.08 Å². The molecule has 1 unspecified atom stereocenters. The number of esters is 1. The van der Waals surface area contributed by atoms with Gasteiger partial charge in [0.1, 0.15) is 23.9 Å². The average molecular weight is 378 g/mol. The van der Waals surface area contributed by atoms with Crippen LogP contribution in [0.5, 0.6) is 0 Å². The minimum atomic E-state index is -1.68. The molecular weight excluding hydrogens is 352 g/mol. The maximum atomic E-state index is 12.0. The zero-order valence-electron chi connectivity index (χ0n) is 15.5. The molecular formula is C20H26O7. The molecule has 2 fully saturated rings. The molecule has 148 valence electrons. The molecule has 3 aliphatic carbocycles. The Balaban J connectivity index is 1.64. The van der Waals surface area contributed by atoms with E-state index in [0.29, 0.717) is 19.3 Å². The number of aliphatic hydroxyl groups is 4. The second-order valence-corrected chi connectivity index (χ2v) is 9.16. The fourth-order valence-electron chi connectivity index (χ4n) is 6.28. The lowest BCUT2D eigenvalue weighted by Crippen LogP contribution is -2.73. The van der Waals surface area contributed by atoms with Crippen molar-refractivity contribution in [1.82, 2.24) is 0 Å². The number of ether oxygens (including phenoxy) is 2. The van der Waals surface area contributed by atoms with Crippen LogP contribution in [-0.4, -0.2) is 68.6 Å². The number of fused-ring (bicyclic) bond motifs is 3. The number of cyclic esters (lactones) is 1. The summed E-state index contributed by atoms with van der Waals surface area (Å²) in [5.41, 5.74) is -3.46. The lowest BCUT2D eigenvalue weighted by molar-refractivity contribution is -0.210. The van der Waals surface area contributed by atoms with Crippen molar-refractivity contribution >= 4 is 5.97 Å². The molecule has 0 bridgehead atoms. The Morgan fingerprint density at radius 3 is 2.78 bits per heavy atom. The first kappa shape index (κ1) is 17.8. The summed E-state index contributed by atoms with van der Waals surface area (Å²) in [6.07, 6.45) is 2.85. The normalized spacial score (nSPS) is 53.9. The first-order chi connectivity index (χ1) is 12.7. The van der Waals surface area contributed by atoms with Gasteiger partial charge in [-0.25, -0.2) is 4.79 Å². The molecule has 8 atom stereocenters. The molecule has 1 saturated carbocycles. The van der Waals surface area contributed by atoms with Gasteiger partial charge in [0.2, 0.25) is 0 Å². The van der Waals surface area contributed by atoms with Crippen molar-refractivity contribution in [2.45, 2.75) is 62.1 Å². The molecule has 5 rings (SSSR count). The summed E-state index contributed by atoms with van der Waals surface area (Å²) in [5, 5.41) is 43.6. The van der Waals surface area contributed by atoms with E-state index in [1.807, 2.05) is 6.92 Å². The Hall–Kier alpha value is -1.25. The van der Waals surface area contributed by atoms with Crippen molar-refractivity contribution in [2.24, 2.45) is 17.3 Å².